The van der Waals surface area contributed by atoms with Gasteiger partial charge in [-0.1, -0.05) is 57.5 Å². The fourth-order valence-corrected chi connectivity index (χ4v) is 7.98. The predicted molar refractivity (Wildman–Crippen MR) is 87.5 cm³/mol. The van der Waals surface area contributed by atoms with Crippen molar-refractivity contribution in [2.45, 2.75) is 53.6 Å². The molecule has 0 aliphatic rings. The number of aryl methyl sites for hydroxylation is 1. The largest absolute Gasteiger partial charge is 0.413 e. The molecule has 1 nitrogen and oxygen atoms in total. The lowest BCUT2D eigenvalue weighted by Crippen LogP contribution is -2.52. The van der Waals surface area contributed by atoms with Crippen LogP contribution in [-0.2, 0) is 4.43 Å². The Balaban J connectivity index is 3.15. The molecule has 2 heteroatoms. The summed E-state index contributed by atoms with van der Waals surface area (Å²) in [6, 6.07) is 11.5. The van der Waals surface area contributed by atoms with Gasteiger partial charge in [-0.25, -0.2) is 0 Å². The maximum Gasteiger partial charge on any atom is 0.224 e. The Morgan fingerprint density at radius 2 is 1.42 bits per heavy atom. The normalized spacial score (nSPS) is 12.4. The summed E-state index contributed by atoms with van der Waals surface area (Å²) in [6.45, 7) is 14.4. The summed E-state index contributed by atoms with van der Waals surface area (Å²) >= 11 is 0. The lowest BCUT2D eigenvalue weighted by Gasteiger charge is -2.34. The van der Waals surface area contributed by atoms with Crippen molar-refractivity contribution in [3.63, 3.8) is 0 Å². The van der Waals surface area contributed by atoms with Gasteiger partial charge in [0.05, 0.1) is 0 Å². The van der Waals surface area contributed by atoms with E-state index >= 15 is 0 Å². The quantitative estimate of drug-likeness (QED) is 0.667. The van der Waals surface area contributed by atoms with E-state index in [0.717, 1.165) is 6.61 Å². The molecule has 0 amide bonds. The molecule has 0 saturated carbocycles. The molecule has 0 spiro atoms. The van der Waals surface area contributed by atoms with Gasteiger partial charge in [-0.05, 0) is 43.0 Å². The fourth-order valence-electron chi connectivity index (χ4n) is 2.97. The molecule has 19 heavy (non-hydrogen) atoms. The number of rotatable bonds is 7. The first kappa shape index (κ1) is 16.5. The highest BCUT2D eigenvalue weighted by Crippen LogP contribution is 2.26. The molecule has 1 aromatic rings. The van der Waals surface area contributed by atoms with E-state index in [9.17, 15) is 0 Å². The third kappa shape index (κ3) is 4.77. The summed E-state index contributed by atoms with van der Waals surface area (Å²) < 4.78 is 6.42. The second kappa shape index (κ2) is 7.25. The molecule has 0 heterocycles. The smallest absolute Gasteiger partial charge is 0.224 e. The SMILES string of the molecule is CCO[Si](CC(C)C)(CC(C)C)c1ccc(C)cc1. The van der Waals surface area contributed by atoms with Crippen LogP contribution in [-0.4, -0.2) is 14.9 Å². The van der Waals surface area contributed by atoms with E-state index in [-0.39, 0.29) is 0 Å². The average molecular weight is 279 g/mol. The van der Waals surface area contributed by atoms with Crippen LogP contribution in [0, 0.1) is 18.8 Å². The van der Waals surface area contributed by atoms with Crippen LogP contribution < -0.4 is 5.19 Å². The summed E-state index contributed by atoms with van der Waals surface area (Å²) in [6.07, 6.45) is 0. The second-order valence-corrected chi connectivity index (χ2v) is 10.2. The molecule has 0 aliphatic carbocycles. The van der Waals surface area contributed by atoms with Gasteiger partial charge in [0, 0.05) is 6.61 Å². The lowest BCUT2D eigenvalue weighted by molar-refractivity contribution is 0.319. The predicted octanol–water partition coefficient (Wildman–Crippen LogP) is 4.50. The van der Waals surface area contributed by atoms with Gasteiger partial charge in [-0.3, -0.25) is 0 Å². The van der Waals surface area contributed by atoms with Crippen LogP contribution in [0.2, 0.25) is 12.1 Å². The van der Waals surface area contributed by atoms with Gasteiger partial charge < -0.3 is 4.43 Å². The Labute approximate surface area is 120 Å². The van der Waals surface area contributed by atoms with Crippen molar-refractivity contribution < 1.29 is 4.43 Å². The van der Waals surface area contributed by atoms with Crippen molar-refractivity contribution in [1.82, 2.24) is 0 Å². The molecule has 0 atom stereocenters. The highest BCUT2D eigenvalue weighted by Gasteiger charge is 2.38. The molecular formula is C17H30OSi. The first-order chi connectivity index (χ1) is 8.89. The first-order valence-corrected chi connectivity index (χ1v) is 9.93. The molecule has 0 N–H and O–H groups in total. The van der Waals surface area contributed by atoms with Crippen LogP contribution in [0.15, 0.2) is 24.3 Å². The van der Waals surface area contributed by atoms with Crippen molar-refractivity contribution in [3.8, 4) is 0 Å². The van der Waals surface area contributed by atoms with Gasteiger partial charge in [-0.2, -0.15) is 0 Å². The third-order valence-electron chi connectivity index (χ3n) is 3.47. The Hall–Kier alpha value is -0.603. The van der Waals surface area contributed by atoms with E-state index in [1.807, 2.05) is 0 Å². The van der Waals surface area contributed by atoms with Crippen molar-refractivity contribution in [2.75, 3.05) is 6.61 Å². The van der Waals surface area contributed by atoms with Gasteiger partial charge in [0.15, 0.2) is 0 Å². The van der Waals surface area contributed by atoms with Crippen LogP contribution in [0.4, 0.5) is 0 Å². The first-order valence-electron chi connectivity index (χ1n) is 7.60. The standard InChI is InChI=1S/C17H30OSi/c1-7-18-19(12-14(2)3,13-15(4)5)17-10-8-16(6)9-11-17/h8-11,14-15H,7,12-13H2,1-6H3. The summed E-state index contributed by atoms with van der Waals surface area (Å²) in [5.74, 6) is 1.39. The van der Waals surface area contributed by atoms with E-state index in [2.05, 4.69) is 65.8 Å². The average Bonchev–Trinajstić information content (AvgIpc) is 2.28. The maximum absolute atomic E-state index is 6.42. The Bertz CT molecular complexity index is 357. The molecule has 1 rings (SSSR count). The summed E-state index contributed by atoms with van der Waals surface area (Å²) in [5.41, 5.74) is 1.33. The maximum atomic E-state index is 6.42. The van der Waals surface area contributed by atoms with Crippen LogP contribution >= 0.6 is 0 Å². The summed E-state index contributed by atoms with van der Waals surface area (Å²) in [7, 11) is -1.82. The molecule has 0 aliphatic heterocycles. The van der Waals surface area contributed by atoms with E-state index in [0.29, 0.717) is 11.8 Å². The minimum Gasteiger partial charge on any atom is -0.413 e. The summed E-state index contributed by atoms with van der Waals surface area (Å²) in [5, 5.41) is 1.47. The van der Waals surface area contributed by atoms with Crippen LogP contribution in [0.25, 0.3) is 0 Å². The van der Waals surface area contributed by atoms with E-state index in [4.69, 9.17) is 4.43 Å². The zero-order valence-corrected chi connectivity index (χ0v) is 14.5. The molecule has 1 aromatic carbocycles. The zero-order valence-electron chi connectivity index (χ0n) is 13.5. The number of hydrogen-bond donors (Lipinski definition) is 0. The van der Waals surface area contributed by atoms with Crippen LogP contribution in [0.5, 0.6) is 0 Å². The molecule has 0 radical (unpaired) electrons. The molecule has 0 aromatic heterocycles. The zero-order chi connectivity index (χ0) is 14.5. The van der Waals surface area contributed by atoms with Crippen LogP contribution in [0.3, 0.4) is 0 Å². The Morgan fingerprint density at radius 1 is 0.947 bits per heavy atom. The van der Waals surface area contributed by atoms with E-state index < -0.39 is 8.32 Å². The Morgan fingerprint density at radius 3 is 1.79 bits per heavy atom. The molecule has 0 fully saturated rings. The number of benzene rings is 1. The highest BCUT2D eigenvalue weighted by molar-refractivity contribution is 6.86. The van der Waals surface area contributed by atoms with E-state index in [1.165, 1.54) is 22.8 Å². The van der Waals surface area contributed by atoms with Gasteiger partial charge in [0.2, 0.25) is 8.32 Å². The van der Waals surface area contributed by atoms with Crippen LogP contribution in [0.1, 0.15) is 40.2 Å². The molecular weight excluding hydrogens is 248 g/mol. The molecule has 108 valence electrons. The summed E-state index contributed by atoms with van der Waals surface area (Å²) in [4.78, 5) is 0. The minimum atomic E-state index is -1.82. The van der Waals surface area contributed by atoms with Gasteiger partial charge >= 0.3 is 0 Å². The molecule has 0 unspecified atom stereocenters. The molecule has 0 bridgehead atoms. The van der Waals surface area contributed by atoms with Crippen molar-refractivity contribution >= 4 is 13.5 Å². The van der Waals surface area contributed by atoms with Crippen molar-refractivity contribution in [1.29, 1.82) is 0 Å². The van der Waals surface area contributed by atoms with Crippen molar-refractivity contribution in [3.05, 3.63) is 29.8 Å². The minimum absolute atomic E-state index is 0.693. The lowest BCUT2D eigenvalue weighted by atomic mass is 10.2. The monoisotopic (exact) mass is 278 g/mol. The van der Waals surface area contributed by atoms with Gasteiger partial charge in [-0.15, -0.1) is 0 Å². The third-order valence-corrected chi connectivity index (χ3v) is 8.65. The highest BCUT2D eigenvalue weighted by atomic mass is 28.4. The van der Waals surface area contributed by atoms with Gasteiger partial charge in [0.1, 0.15) is 0 Å². The van der Waals surface area contributed by atoms with Gasteiger partial charge in [0.25, 0.3) is 0 Å². The molecule has 0 saturated heterocycles. The van der Waals surface area contributed by atoms with E-state index in [1.54, 1.807) is 0 Å². The fraction of sp³-hybridized carbons (Fsp3) is 0.647. The number of hydrogen-bond acceptors (Lipinski definition) is 1. The van der Waals surface area contributed by atoms with Crippen molar-refractivity contribution in [2.24, 2.45) is 11.8 Å². The topological polar surface area (TPSA) is 9.23 Å². The Kier molecular flexibility index (Phi) is 6.28. The second-order valence-electron chi connectivity index (χ2n) is 6.49.